The van der Waals surface area contributed by atoms with Gasteiger partial charge in [-0.3, -0.25) is 14.7 Å². The Kier molecular flexibility index (Phi) is 2.39. The summed E-state index contributed by atoms with van der Waals surface area (Å²) < 4.78 is 1.47. The maximum atomic E-state index is 11.3. The summed E-state index contributed by atoms with van der Waals surface area (Å²) in [6.07, 6.45) is 2.23. The molecule has 2 bridgehead atoms. The first kappa shape index (κ1) is 14.2. The molecule has 26 heavy (non-hydrogen) atoms. The average Bonchev–Trinajstić information content (AvgIpc) is 3.15. The Bertz CT molecular complexity index is 1100. The summed E-state index contributed by atoms with van der Waals surface area (Å²) in [5.74, 6) is 2.18. The molecule has 2 fully saturated rings. The normalized spacial score (nSPS) is 27.5. The largest absolute Gasteiger partial charge is 0.494 e. The van der Waals surface area contributed by atoms with Gasteiger partial charge in [0.1, 0.15) is 0 Å². The third-order valence-electron chi connectivity index (χ3n) is 6.69. The molecule has 3 aliphatic carbocycles. The molecule has 6 nitrogen and oxygen atoms in total. The van der Waals surface area contributed by atoms with Gasteiger partial charge in [0.25, 0.3) is 5.69 Å². The first-order valence-electron chi connectivity index (χ1n) is 8.91. The molecule has 3 aliphatic rings. The van der Waals surface area contributed by atoms with Gasteiger partial charge in [-0.2, -0.15) is 0 Å². The van der Waals surface area contributed by atoms with Gasteiger partial charge >= 0.3 is 0 Å². The summed E-state index contributed by atoms with van der Waals surface area (Å²) >= 11 is 0. The lowest BCUT2D eigenvalue weighted by molar-refractivity contribution is -0.383. The van der Waals surface area contributed by atoms with Crippen molar-refractivity contribution >= 4 is 16.5 Å². The van der Waals surface area contributed by atoms with Crippen molar-refractivity contribution in [1.29, 1.82) is 0 Å². The molecule has 1 aromatic heterocycles. The number of fused-ring (bicyclic) bond motifs is 9. The standard InChI is InChI=1S/C20H16N2O4/c23-19-17-13-8-14(12-7-11(12)13)18(17)20(24)21(19)15-5-6-16(22(25)26)10-4-2-1-3-9(10)15/h1-6,11-14,23-24H,7-8H2/t11-,12+,13-,14+. The van der Waals surface area contributed by atoms with Crippen LogP contribution in [0.25, 0.3) is 16.5 Å². The van der Waals surface area contributed by atoms with Crippen LogP contribution in [0.5, 0.6) is 11.8 Å². The van der Waals surface area contributed by atoms with E-state index in [1.807, 2.05) is 0 Å². The third kappa shape index (κ3) is 1.49. The Hall–Kier alpha value is -3.02. The number of non-ortho nitro benzene ring substituents is 1. The number of rotatable bonds is 2. The van der Waals surface area contributed by atoms with Crippen molar-refractivity contribution in [2.24, 2.45) is 11.8 Å². The summed E-state index contributed by atoms with van der Waals surface area (Å²) in [5.41, 5.74) is 2.38. The number of nitro benzene ring substituents is 1. The highest BCUT2D eigenvalue weighted by Crippen LogP contribution is 2.74. The molecule has 0 amide bonds. The molecule has 2 N–H and O–H groups in total. The molecule has 130 valence electrons. The number of benzene rings is 2. The lowest BCUT2D eigenvalue weighted by Gasteiger charge is -2.13. The first-order valence-corrected chi connectivity index (χ1v) is 8.91. The van der Waals surface area contributed by atoms with E-state index in [2.05, 4.69) is 0 Å². The highest BCUT2D eigenvalue weighted by molar-refractivity contribution is 5.97. The molecular weight excluding hydrogens is 332 g/mol. The van der Waals surface area contributed by atoms with Crippen LogP contribution in [-0.2, 0) is 0 Å². The Morgan fingerprint density at radius 3 is 2.15 bits per heavy atom. The second kappa shape index (κ2) is 4.38. The van der Waals surface area contributed by atoms with Gasteiger partial charge in [-0.1, -0.05) is 18.2 Å². The second-order valence-corrected chi connectivity index (χ2v) is 7.73. The topological polar surface area (TPSA) is 88.5 Å². The molecule has 2 saturated carbocycles. The summed E-state index contributed by atoms with van der Waals surface area (Å²) in [7, 11) is 0. The van der Waals surface area contributed by atoms with E-state index in [1.165, 1.54) is 17.1 Å². The van der Waals surface area contributed by atoms with Crippen LogP contribution in [-0.4, -0.2) is 19.7 Å². The highest BCUT2D eigenvalue weighted by Gasteiger charge is 2.62. The Labute approximate surface area is 148 Å². The van der Waals surface area contributed by atoms with Gasteiger partial charge in [0.15, 0.2) is 0 Å². The SMILES string of the molecule is O=[N+]([O-])c1ccc(-n2c(O)c3c(c2O)[C@@H]2C[C@H]3[C@H]3C[C@H]32)c2ccccc12. The Morgan fingerprint density at radius 1 is 0.923 bits per heavy atom. The molecule has 0 radical (unpaired) electrons. The van der Waals surface area contributed by atoms with E-state index in [1.54, 1.807) is 30.3 Å². The number of hydrogen-bond acceptors (Lipinski definition) is 4. The first-order chi connectivity index (χ1) is 12.6. The molecule has 0 unspecified atom stereocenters. The zero-order valence-electron chi connectivity index (χ0n) is 13.8. The van der Waals surface area contributed by atoms with E-state index >= 15 is 0 Å². The minimum Gasteiger partial charge on any atom is -0.494 e. The fraction of sp³-hybridized carbons (Fsp3) is 0.300. The molecule has 0 aliphatic heterocycles. The molecule has 2 aromatic carbocycles. The van der Waals surface area contributed by atoms with Crippen LogP contribution in [0.3, 0.4) is 0 Å². The van der Waals surface area contributed by atoms with Crippen molar-refractivity contribution in [3.8, 4) is 17.4 Å². The maximum Gasteiger partial charge on any atom is 0.277 e. The highest BCUT2D eigenvalue weighted by atomic mass is 16.6. The van der Waals surface area contributed by atoms with Gasteiger partial charge in [-0.15, -0.1) is 0 Å². The van der Waals surface area contributed by atoms with E-state index in [9.17, 15) is 20.3 Å². The van der Waals surface area contributed by atoms with Gasteiger partial charge < -0.3 is 10.2 Å². The van der Waals surface area contributed by atoms with Gasteiger partial charge in [0, 0.05) is 22.6 Å². The van der Waals surface area contributed by atoms with Gasteiger partial charge in [0.2, 0.25) is 11.8 Å². The quantitative estimate of drug-likeness (QED) is 0.537. The number of hydrogen-bond donors (Lipinski definition) is 2. The molecule has 0 saturated heterocycles. The van der Waals surface area contributed by atoms with Crippen LogP contribution in [0.4, 0.5) is 5.69 Å². The maximum absolute atomic E-state index is 11.3. The smallest absolute Gasteiger partial charge is 0.277 e. The Morgan fingerprint density at radius 2 is 1.54 bits per heavy atom. The molecule has 4 atom stereocenters. The fourth-order valence-corrected chi connectivity index (χ4v) is 5.61. The van der Waals surface area contributed by atoms with Crippen LogP contribution < -0.4 is 0 Å². The number of nitro groups is 1. The van der Waals surface area contributed by atoms with E-state index in [0.717, 1.165) is 17.5 Å². The van der Waals surface area contributed by atoms with Crippen molar-refractivity contribution in [3.05, 3.63) is 57.6 Å². The van der Waals surface area contributed by atoms with Gasteiger partial charge in [0.05, 0.1) is 16.0 Å². The molecule has 6 rings (SSSR count). The van der Waals surface area contributed by atoms with Crippen LogP contribution in [0.15, 0.2) is 36.4 Å². The fourth-order valence-electron chi connectivity index (χ4n) is 5.61. The molecule has 0 spiro atoms. The summed E-state index contributed by atoms with van der Waals surface area (Å²) in [4.78, 5) is 10.9. The predicted octanol–water partition coefficient (Wildman–Crippen LogP) is 4.17. The average molecular weight is 348 g/mol. The van der Waals surface area contributed by atoms with Gasteiger partial charge in [-0.05, 0) is 48.6 Å². The van der Waals surface area contributed by atoms with E-state index in [0.29, 0.717) is 40.1 Å². The van der Waals surface area contributed by atoms with Crippen molar-refractivity contribution in [2.75, 3.05) is 0 Å². The number of aromatic hydroxyl groups is 2. The lowest BCUT2D eigenvalue weighted by atomic mass is 9.95. The Balaban J connectivity index is 1.64. The van der Waals surface area contributed by atoms with Gasteiger partial charge in [-0.25, -0.2) is 0 Å². The predicted molar refractivity (Wildman–Crippen MR) is 95.0 cm³/mol. The van der Waals surface area contributed by atoms with Crippen LogP contribution in [0.1, 0.15) is 35.8 Å². The third-order valence-corrected chi connectivity index (χ3v) is 6.69. The molecule has 1 heterocycles. The summed E-state index contributed by atoms with van der Waals surface area (Å²) in [6, 6.07) is 10.1. The minimum atomic E-state index is -0.408. The van der Waals surface area contributed by atoms with Crippen LogP contribution in [0, 0.1) is 22.0 Å². The molecule has 3 aromatic rings. The zero-order valence-corrected chi connectivity index (χ0v) is 13.8. The van der Waals surface area contributed by atoms with Crippen molar-refractivity contribution in [2.45, 2.75) is 24.7 Å². The van der Waals surface area contributed by atoms with E-state index < -0.39 is 4.92 Å². The lowest BCUT2D eigenvalue weighted by Crippen LogP contribution is -1.99. The van der Waals surface area contributed by atoms with Crippen LogP contribution in [0.2, 0.25) is 0 Å². The number of aromatic nitrogens is 1. The zero-order chi connectivity index (χ0) is 17.7. The summed E-state index contributed by atoms with van der Waals surface area (Å²) in [6.45, 7) is 0. The molecular formula is C20H16N2O4. The summed E-state index contributed by atoms with van der Waals surface area (Å²) in [5, 5.41) is 34.4. The van der Waals surface area contributed by atoms with E-state index in [-0.39, 0.29) is 17.4 Å². The van der Waals surface area contributed by atoms with Crippen LogP contribution >= 0.6 is 0 Å². The second-order valence-electron chi connectivity index (χ2n) is 7.73. The number of nitrogens with zero attached hydrogens (tertiary/aromatic N) is 2. The molecule has 6 heteroatoms. The van der Waals surface area contributed by atoms with Crippen molar-refractivity contribution in [3.63, 3.8) is 0 Å². The van der Waals surface area contributed by atoms with E-state index in [4.69, 9.17) is 0 Å². The monoisotopic (exact) mass is 348 g/mol. The van der Waals surface area contributed by atoms with Crippen molar-refractivity contribution in [1.82, 2.24) is 4.57 Å². The minimum absolute atomic E-state index is 0.0179. The van der Waals surface area contributed by atoms with Crippen molar-refractivity contribution < 1.29 is 15.1 Å².